The molecule has 2 nitrogen and oxygen atoms in total. The van der Waals surface area contributed by atoms with Crippen LogP contribution in [-0.2, 0) is 6.42 Å². The smallest absolute Gasteiger partial charge is 0.0762 e. The lowest BCUT2D eigenvalue weighted by molar-refractivity contribution is 0.199. The summed E-state index contributed by atoms with van der Waals surface area (Å²) in [6.45, 7) is 1.79. The highest BCUT2D eigenvalue weighted by Gasteiger charge is 2.02. The molecule has 18 heavy (non-hydrogen) atoms. The van der Waals surface area contributed by atoms with E-state index in [0.717, 1.165) is 23.4 Å². The fourth-order valence-corrected chi connectivity index (χ4v) is 2.62. The van der Waals surface area contributed by atoms with Crippen molar-refractivity contribution in [3.63, 3.8) is 0 Å². The Balaban J connectivity index is 1.89. The molecule has 0 spiro atoms. The van der Waals surface area contributed by atoms with Crippen LogP contribution in [0.1, 0.15) is 24.3 Å². The second kappa shape index (κ2) is 6.57. The van der Waals surface area contributed by atoms with Crippen LogP contribution in [0.5, 0.6) is 0 Å². The van der Waals surface area contributed by atoms with Gasteiger partial charge in [0, 0.05) is 22.5 Å². The van der Waals surface area contributed by atoms with Crippen LogP contribution in [0.3, 0.4) is 0 Å². The number of benzene rings is 1. The van der Waals surface area contributed by atoms with Crippen molar-refractivity contribution in [2.75, 3.05) is 5.75 Å². The predicted octanol–water partition coefficient (Wildman–Crippen LogP) is 3.47. The number of thioether (sulfide) groups is 1. The number of pyridine rings is 1. The van der Waals surface area contributed by atoms with Gasteiger partial charge in [0.25, 0.3) is 0 Å². The van der Waals surface area contributed by atoms with Crippen LogP contribution in [0, 0.1) is 0 Å². The molecule has 1 atom stereocenters. The van der Waals surface area contributed by atoms with E-state index >= 15 is 0 Å². The van der Waals surface area contributed by atoms with Crippen molar-refractivity contribution in [1.82, 2.24) is 4.98 Å². The minimum Gasteiger partial charge on any atom is -0.389 e. The van der Waals surface area contributed by atoms with Gasteiger partial charge in [-0.05, 0) is 43.2 Å². The van der Waals surface area contributed by atoms with Gasteiger partial charge in [0.2, 0.25) is 0 Å². The maximum Gasteiger partial charge on any atom is 0.0762 e. The first-order chi connectivity index (χ1) is 8.75. The third kappa shape index (κ3) is 3.86. The Morgan fingerprint density at radius 3 is 2.83 bits per heavy atom. The number of nitrogens with zero attached hydrogens (tertiary/aromatic N) is 1. The Morgan fingerprint density at radius 1 is 1.22 bits per heavy atom. The summed E-state index contributed by atoms with van der Waals surface area (Å²) in [5, 5.41) is 9.53. The molecular formula is C15H17NOS. The van der Waals surface area contributed by atoms with E-state index < -0.39 is 6.10 Å². The van der Waals surface area contributed by atoms with Gasteiger partial charge in [-0.1, -0.05) is 18.2 Å². The fourth-order valence-electron chi connectivity index (χ4n) is 1.68. The third-order valence-corrected chi connectivity index (χ3v) is 3.69. The molecule has 0 radical (unpaired) electrons. The monoisotopic (exact) mass is 259 g/mol. The van der Waals surface area contributed by atoms with E-state index in [1.165, 1.54) is 4.90 Å². The van der Waals surface area contributed by atoms with Gasteiger partial charge < -0.3 is 5.11 Å². The molecule has 94 valence electrons. The second-order valence-electron chi connectivity index (χ2n) is 4.17. The van der Waals surface area contributed by atoms with E-state index in [1.807, 2.05) is 42.6 Å². The molecule has 1 aromatic heterocycles. The van der Waals surface area contributed by atoms with Crippen molar-refractivity contribution >= 4 is 11.8 Å². The number of aliphatic hydroxyl groups excluding tert-OH is 1. The summed E-state index contributed by atoms with van der Waals surface area (Å²) in [5.41, 5.74) is 2.09. The molecule has 1 unspecified atom stereocenters. The van der Waals surface area contributed by atoms with Crippen molar-refractivity contribution < 1.29 is 5.11 Å². The molecule has 0 saturated carbocycles. The largest absolute Gasteiger partial charge is 0.389 e. The number of hydrogen-bond donors (Lipinski definition) is 1. The molecule has 3 heteroatoms. The standard InChI is InChI=1S/C15H17NOS/c1-12(17)13-5-4-7-15(11-13)18-10-8-14-6-2-3-9-16-14/h2-7,9,11-12,17H,8,10H2,1H3. The maximum atomic E-state index is 9.53. The zero-order valence-corrected chi connectivity index (χ0v) is 11.2. The van der Waals surface area contributed by atoms with Gasteiger partial charge in [0.15, 0.2) is 0 Å². The number of hydrogen-bond acceptors (Lipinski definition) is 3. The summed E-state index contributed by atoms with van der Waals surface area (Å²) in [4.78, 5) is 5.50. The first-order valence-corrected chi connectivity index (χ1v) is 7.05. The van der Waals surface area contributed by atoms with E-state index in [-0.39, 0.29) is 0 Å². The molecule has 1 aromatic carbocycles. The van der Waals surface area contributed by atoms with Crippen LogP contribution in [-0.4, -0.2) is 15.8 Å². The van der Waals surface area contributed by atoms with Crippen molar-refractivity contribution in [3.8, 4) is 0 Å². The fraction of sp³-hybridized carbons (Fsp3) is 0.267. The Hall–Kier alpha value is -1.32. The molecule has 2 aromatic rings. The highest BCUT2D eigenvalue weighted by molar-refractivity contribution is 7.99. The molecule has 0 fully saturated rings. The van der Waals surface area contributed by atoms with Gasteiger partial charge >= 0.3 is 0 Å². The Morgan fingerprint density at radius 2 is 2.11 bits per heavy atom. The molecule has 0 amide bonds. The number of aliphatic hydroxyl groups is 1. The van der Waals surface area contributed by atoms with Gasteiger partial charge in [-0.25, -0.2) is 0 Å². The molecule has 0 aliphatic rings. The van der Waals surface area contributed by atoms with Gasteiger partial charge in [0.05, 0.1) is 6.10 Å². The summed E-state index contributed by atoms with van der Waals surface area (Å²) < 4.78 is 0. The van der Waals surface area contributed by atoms with Crippen LogP contribution in [0.25, 0.3) is 0 Å². The third-order valence-electron chi connectivity index (χ3n) is 2.69. The van der Waals surface area contributed by atoms with E-state index in [2.05, 4.69) is 11.1 Å². The number of aromatic nitrogens is 1. The number of rotatable bonds is 5. The minimum absolute atomic E-state index is 0.402. The lowest BCUT2D eigenvalue weighted by Crippen LogP contribution is -1.93. The molecule has 0 aliphatic heterocycles. The van der Waals surface area contributed by atoms with Crippen LogP contribution in [0.2, 0.25) is 0 Å². The van der Waals surface area contributed by atoms with Crippen LogP contribution >= 0.6 is 11.8 Å². The molecule has 0 bridgehead atoms. The van der Waals surface area contributed by atoms with Crippen molar-refractivity contribution in [2.24, 2.45) is 0 Å². The normalized spacial score (nSPS) is 12.3. The molecular weight excluding hydrogens is 242 g/mol. The van der Waals surface area contributed by atoms with Gasteiger partial charge in [-0.2, -0.15) is 0 Å². The summed E-state index contributed by atoms with van der Waals surface area (Å²) >= 11 is 1.80. The summed E-state index contributed by atoms with van der Waals surface area (Å²) in [6.07, 6.45) is 2.39. The quantitative estimate of drug-likeness (QED) is 0.835. The second-order valence-corrected chi connectivity index (χ2v) is 5.34. The predicted molar refractivity (Wildman–Crippen MR) is 75.7 cm³/mol. The summed E-state index contributed by atoms with van der Waals surface area (Å²) in [7, 11) is 0. The average molecular weight is 259 g/mol. The molecule has 2 rings (SSSR count). The molecule has 1 heterocycles. The molecule has 1 N–H and O–H groups in total. The van der Waals surface area contributed by atoms with Gasteiger partial charge in [-0.3, -0.25) is 4.98 Å². The van der Waals surface area contributed by atoms with E-state index in [0.29, 0.717) is 0 Å². The maximum absolute atomic E-state index is 9.53. The van der Waals surface area contributed by atoms with Crippen LogP contribution < -0.4 is 0 Å². The molecule has 0 aliphatic carbocycles. The van der Waals surface area contributed by atoms with Crippen LogP contribution in [0.4, 0.5) is 0 Å². The van der Waals surface area contributed by atoms with Crippen LogP contribution in [0.15, 0.2) is 53.6 Å². The summed E-state index contributed by atoms with van der Waals surface area (Å²) in [6, 6.07) is 14.1. The SMILES string of the molecule is CC(O)c1cccc(SCCc2ccccn2)c1. The van der Waals surface area contributed by atoms with Crippen molar-refractivity contribution in [3.05, 3.63) is 59.9 Å². The Labute approximate surface area is 112 Å². The zero-order valence-electron chi connectivity index (χ0n) is 10.4. The van der Waals surface area contributed by atoms with Gasteiger partial charge in [-0.15, -0.1) is 11.8 Å². The topological polar surface area (TPSA) is 33.1 Å². The molecule has 0 saturated heterocycles. The lowest BCUT2D eigenvalue weighted by Gasteiger charge is -2.07. The first kappa shape index (κ1) is 13.1. The van der Waals surface area contributed by atoms with E-state index in [4.69, 9.17) is 0 Å². The van der Waals surface area contributed by atoms with E-state index in [1.54, 1.807) is 18.7 Å². The lowest BCUT2D eigenvalue weighted by atomic mass is 10.1. The first-order valence-electron chi connectivity index (χ1n) is 6.06. The highest BCUT2D eigenvalue weighted by atomic mass is 32.2. The van der Waals surface area contributed by atoms with Gasteiger partial charge in [0.1, 0.15) is 0 Å². The zero-order chi connectivity index (χ0) is 12.8. The highest BCUT2D eigenvalue weighted by Crippen LogP contribution is 2.22. The average Bonchev–Trinajstić information content (AvgIpc) is 2.40. The Bertz CT molecular complexity index is 485. The van der Waals surface area contributed by atoms with Crippen molar-refractivity contribution in [1.29, 1.82) is 0 Å². The van der Waals surface area contributed by atoms with Crippen molar-refractivity contribution in [2.45, 2.75) is 24.3 Å². The summed E-state index contributed by atoms with van der Waals surface area (Å²) in [5.74, 6) is 1.00. The van der Waals surface area contributed by atoms with E-state index in [9.17, 15) is 5.11 Å². The minimum atomic E-state index is -0.402. The number of aryl methyl sites for hydroxylation is 1. The Kier molecular flexibility index (Phi) is 4.79.